The SMILES string of the molecule is CC.CN.CNC(=O)C(C)(C)C. The van der Waals surface area contributed by atoms with E-state index in [-0.39, 0.29) is 11.3 Å². The number of nitrogens with one attached hydrogen (secondary N) is 1. The van der Waals surface area contributed by atoms with E-state index in [1.807, 2.05) is 34.6 Å². The van der Waals surface area contributed by atoms with Crippen molar-refractivity contribution in [3.8, 4) is 0 Å². The second-order valence-corrected chi connectivity index (χ2v) is 2.83. The van der Waals surface area contributed by atoms with E-state index in [1.54, 1.807) is 7.05 Å². The highest BCUT2D eigenvalue weighted by Gasteiger charge is 2.18. The highest BCUT2D eigenvalue weighted by Crippen LogP contribution is 2.11. The lowest BCUT2D eigenvalue weighted by molar-refractivity contribution is -0.127. The summed E-state index contributed by atoms with van der Waals surface area (Å²) < 4.78 is 0. The number of rotatable bonds is 0. The van der Waals surface area contributed by atoms with Gasteiger partial charge in [-0.1, -0.05) is 34.6 Å². The van der Waals surface area contributed by atoms with Crippen LogP contribution in [0.1, 0.15) is 34.6 Å². The molecule has 1 amide bonds. The van der Waals surface area contributed by atoms with E-state index < -0.39 is 0 Å². The van der Waals surface area contributed by atoms with E-state index in [1.165, 1.54) is 7.05 Å². The minimum absolute atomic E-state index is 0.0810. The van der Waals surface area contributed by atoms with Crippen LogP contribution in [0.5, 0.6) is 0 Å². The normalized spacial score (nSPS) is 8.33. The summed E-state index contributed by atoms with van der Waals surface area (Å²) in [5.41, 5.74) is 4.26. The number of carbonyl (C=O) groups is 1. The Labute approximate surface area is 76.7 Å². The molecule has 3 nitrogen and oxygen atoms in total. The third-order valence-electron chi connectivity index (χ3n) is 0.908. The monoisotopic (exact) mass is 176 g/mol. The van der Waals surface area contributed by atoms with Crippen molar-refractivity contribution in [3.63, 3.8) is 0 Å². The molecule has 0 aliphatic rings. The van der Waals surface area contributed by atoms with Crippen LogP contribution < -0.4 is 11.1 Å². The average Bonchev–Trinajstić information content (AvgIpc) is 2.08. The van der Waals surface area contributed by atoms with E-state index in [4.69, 9.17) is 0 Å². The number of hydrogen-bond donors (Lipinski definition) is 2. The van der Waals surface area contributed by atoms with Gasteiger partial charge in [0.25, 0.3) is 0 Å². The molecule has 0 aromatic heterocycles. The largest absolute Gasteiger partial charge is 0.359 e. The smallest absolute Gasteiger partial charge is 0.225 e. The molecule has 0 saturated heterocycles. The molecule has 0 rings (SSSR count). The quantitative estimate of drug-likeness (QED) is 0.586. The molecule has 0 aromatic rings. The Bertz CT molecular complexity index is 95.2. The first-order chi connectivity index (χ1) is 5.48. The van der Waals surface area contributed by atoms with Crippen molar-refractivity contribution in [3.05, 3.63) is 0 Å². The summed E-state index contributed by atoms with van der Waals surface area (Å²) in [5, 5.41) is 2.57. The molecule has 0 aliphatic carbocycles. The molecule has 12 heavy (non-hydrogen) atoms. The van der Waals surface area contributed by atoms with Gasteiger partial charge in [-0.15, -0.1) is 0 Å². The van der Waals surface area contributed by atoms with Gasteiger partial charge in [0.2, 0.25) is 5.91 Å². The van der Waals surface area contributed by atoms with Crippen molar-refractivity contribution >= 4 is 5.91 Å². The van der Waals surface area contributed by atoms with Crippen molar-refractivity contribution in [2.24, 2.45) is 11.1 Å². The second kappa shape index (κ2) is 10.4. The van der Waals surface area contributed by atoms with Crippen LogP contribution in [0.3, 0.4) is 0 Å². The van der Waals surface area contributed by atoms with Crippen LogP contribution in [-0.2, 0) is 4.79 Å². The number of carbonyl (C=O) groups excluding carboxylic acids is 1. The lowest BCUT2D eigenvalue weighted by Crippen LogP contribution is -2.31. The summed E-state index contributed by atoms with van der Waals surface area (Å²) in [5.74, 6) is 0.0810. The fourth-order valence-corrected chi connectivity index (χ4v) is 0.375. The zero-order valence-corrected chi connectivity index (χ0v) is 9.49. The highest BCUT2D eigenvalue weighted by molar-refractivity contribution is 5.80. The molecule has 0 atom stereocenters. The predicted octanol–water partition coefficient (Wildman–Crippen LogP) is 1.38. The number of amides is 1. The van der Waals surface area contributed by atoms with Crippen molar-refractivity contribution in [2.45, 2.75) is 34.6 Å². The van der Waals surface area contributed by atoms with Crippen molar-refractivity contribution in [1.82, 2.24) is 5.32 Å². The van der Waals surface area contributed by atoms with Crippen LogP contribution in [-0.4, -0.2) is 20.0 Å². The molecule has 0 spiro atoms. The second-order valence-electron chi connectivity index (χ2n) is 2.83. The number of hydrogen-bond acceptors (Lipinski definition) is 2. The summed E-state index contributed by atoms with van der Waals surface area (Å²) >= 11 is 0. The van der Waals surface area contributed by atoms with Crippen molar-refractivity contribution < 1.29 is 4.79 Å². The van der Waals surface area contributed by atoms with Gasteiger partial charge in [0, 0.05) is 12.5 Å². The lowest BCUT2D eigenvalue weighted by Gasteiger charge is -2.14. The van der Waals surface area contributed by atoms with E-state index >= 15 is 0 Å². The topological polar surface area (TPSA) is 55.1 Å². The van der Waals surface area contributed by atoms with Crippen LogP contribution in [0.25, 0.3) is 0 Å². The molecule has 0 saturated carbocycles. The van der Waals surface area contributed by atoms with Gasteiger partial charge in [0.15, 0.2) is 0 Å². The van der Waals surface area contributed by atoms with Gasteiger partial charge in [0.05, 0.1) is 0 Å². The van der Waals surface area contributed by atoms with Crippen LogP contribution in [0.15, 0.2) is 0 Å². The summed E-state index contributed by atoms with van der Waals surface area (Å²) in [7, 11) is 3.15. The van der Waals surface area contributed by atoms with Crippen LogP contribution in [0.2, 0.25) is 0 Å². The Morgan fingerprint density at radius 1 is 1.17 bits per heavy atom. The molecule has 0 heterocycles. The maximum atomic E-state index is 10.7. The van der Waals surface area contributed by atoms with Gasteiger partial charge in [-0.2, -0.15) is 0 Å². The van der Waals surface area contributed by atoms with Crippen LogP contribution in [0.4, 0.5) is 0 Å². The van der Waals surface area contributed by atoms with E-state index in [9.17, 15) is 4.79 Å². The first-order valence-corrected chi connectivity index (χ1v) is 4.28. The molecule has 0 unspecified atom stereocenters. The standard InChI is InChI=1S/C6H13NO.C2H6.CH5N/c1-6(2,3)5(8)7-4;2*1-2/h1-4H3,(H,7,8);1-2H3;2H2,1H3. The Morgan fingerprint density at radius 3 is 1.42 bits per heavy atom. The van der Waals surface area contributed by atoms with Gasteiger partial charge in [0.1, 0.15) is 0 Å². The molecule has 0 radical (unpaired) electrons. The summed E-state index contributed by atoms with van der Waals surface area (Å²) in [6.45, 7) is 9.64. The zero-order chi connectivity index (χ0) is 10.8. The van der Waals surface area contributed by atoms with Gasteiger partial charge in [-0.25, -0.2) is 0 Å². The third-order valence-corrected chi connectivity index (χ3v) is 0.908. The maximum Gasteiger partial charge on any atom is 0.225 e. The van der Waals surface area contributed by atoms with Gasteiger partial charge >= 0.3 is 0 Å². The van der Waals surface area contributed by atoms with Gasteiger partial charge in [-0.3, -0.25) is 4.79 Å². The Hall–Kier alpha value is -0.570. The Balaban J connectivity index is -0.000000175. The third kappa shape index (κ3) is 12.1. The molecular weight excluding hydrogens is 152 g/mol. The van der Waals surface area contributed by atoms with E-state index in [0.717, 1.165) is 0 Å². The number of nitrogens with two attached hydrogens (primary N) is 1. The first-order valence-electron chi connectivity index (χ1n) is 4.28. The summed E-state index contributed by atoms with van der Waals surface area (Å²) in [6, 6.07) is 0. The zero-order valence-electron chi connectivity index (χ0n) is 9.49. The Kier molecular flexibility index (Phi) is 15.2. The average molecular weight is 176 g/mol. The molecule has 0 aliphatic heterocycles. The van der Waals surface area contributed by atoms with Crippen molar-refractivity contribution in [2.75, 3.05) is 14.1 Å². The predicted molar refractivity (Wildman–Crippen MR) is 55.0 cm³/mol. The van der Waals surface area contributed by atoms with Crippen LogP contribution >= 0.6 is 0 Å². The fourth-order valence-electron chi connectivity index (χ4n) is 0.375. The first kappa shape index (κ1) is 17.5. The summed E-state index contributed by atoms with van der Waals surface area (Å²) in [4.78, 5) is 10.7. The van der Waals surface area contributed by atoms with Gasteiger partial charge in [-0.05, 0) is 7.05 Å². The lowest BCUT2D eigenvalue weighted by atomic mass is 9.96. The van der Waals surface area contributed by atoms with Crippen molar-refractivity contribution in [1.29, 1.82) is 0 Å². The maximum absolute atomic E-state index is 10.7. The van der Waals surface area contributed by atoms with E-state index in [0.29, 0.717) is 0 Å². The molecule has 3 heteroatoms. The van der Waals surface area contributed by atoms with Crippen LogP contribution in [0, 0.1) is 5.41 Å². The molecule has 76 valence electrons. The molecule has 3 N–H and O–H groups in total. The highest BCUT2D eigenvalue weighted by atomic mass is 16.2. The molecule has 0 fully saturated rings. The minimum Gasteiger partial charge on any atom is -0.359 e. The van der Waals surface area contributed by atoms with E-state index in [2.05, 4.69) is 11.1 Å². The molecule has 0 bridgehead atoms. The molecule has 0 aromatic carbocycles. The van der Waals surface area contributed by atoms with Gasteiger partial charge < -0.3 is 11.1 Å². The minimum atomic E-state index is -0.241. The Morgan fingerprint density at radius 2 is 1.42 bits per heavy atom. The fraction of sp³-hybridized carbons (Fsp3) is 0.889. The summed E-state index contributed by atoms with van der Waals surface area (Å²) in [6.07, 6.45) is 0. The molecular formula is C9H24N2O.